The summed E-state index contributed by atoms with van der Waals surface area (Å²) in [6.45, 7) is 0.838. The number of anilines is 1. The highest BCUT2D eigenvalue weighted by atomic mass is 79.9. The lowest BCUT2D eigenvalue weighted by molar-refractivity contribution is -0.124. The lowest BCUT2D eigenvalue weighted by Gasteiger charge is -2.37. The number of carbonyl (C=O) groups excluding carboxylic acids is 1. The summed E-state index contributed by atoms with van der Waals surface area (Å²) in [6, 6.07) is 15.6. The predicted molar refractivity (Wildman–Crippen MR) is 133 cm³/mol. The van der Waals surface area contributed by atoms with Gasteiger partial charge in [-0.1, -0.05) is 34.1 Å². The van der Waals surface area contributed by atoms with E-state index in [0.29, 0.717) is 23.6 Å². The van der Waals surface area contributed by atoms with Gasteiger partial charge in [0, 0.05) is 23.2 Å². The first-order valence-electron chi connectivity index (χ1n) is 10.7. The predicted octanol–water partition coefficient (Wildman–Crippen LogP) is 4.48. The number of halogens is 1. The van der Waals surface area contributed by atoms with E-state index in [9.17, 15) is 18.0 Å². The molecular formula is C24H21BrN2O5S2. The zero-order chi connectivity index (χ0) is 24.1. The van der Waals surface area contributed by atoms with Crippen molar-refractivity contribution in [2.45, 2.75) is 29.0 Å². The average Bonchev–Trinajstić information content (AvgIpc) is 3.44. The Morgan fingerprint density at radius 2 is 1.79 bits per heavy atom. The smallest absolute Gasteiger partial charge is 0.335 e. The monoisotopic (exact) mass is 560 g/mol. The van der Waals surface area contributed by atoms with Crippen LogP contribution in [-0.2, 0) is 26.8 Å². The van der Waals surface area contributed by atoms with E-state index >= 15 is 0 Å². The number of thiophene rings is 1. The number of fused-ring (bicyclic) bond motifs is 2. The maximum Gasteiger partial charge on any atom is 0.335 e. The lowest BCUT2D eigenvalue weighted by Crippen LogP contribution is -2.49. The molecule has 1 fully saturated rings. The molecule has 1 spiro atoms. The molecule has 0 aliphatic carbocycles. The van der Waals surface area contributed by atoms with E-state index in [1.54, 1.807) is 34.5 Å². The SMILES string of the molecule is O=C(O)c1ccc(CN2C(=O)C3(CCN(S(=O)(=O)c4cccs4)CC3)c3cc(Br)ccc32)cc1. The van der Waals surface area contributed by atoms with Crippen LogP contribution in [0.2, 0.25) is 0 Å². The van der Waals surface area contributed by atoms with Gasteiger partial charge in [-0.15, -0.1) is 11.3 Å². The van der Waals surface area contributed by atoms with Crippen LogP contribution in [0.5, 0.6) is 0 Å². The van der Waals surface area contributed by atoms with Crippen molar-refractivity contribution in [3.8, 4) is 0 Å². The minimum Gasteiger partial charge on any atom is -0.478 e. The second kappa shape index (κ2) is 8.60. The lowest BCUT2D eigenvalue weighted by atomic mass is 9.74. The first-order chi connectivity index (χ1) is 16.2. The van der Waals surface area contributed by atoms with Crippen LogP contribution >= 0.6 is 27.3 Å². The quantitative estimate of drug-likeness (QED) is 0.496. The van der Waals surface area contributed by atoms with Gasteiger partial charge in [0.2, 0.25) is 5.91 Å². The summed E-state index contributed by atoms with van der Waals surface area (Å²) in [5.74, 6) is -1.04. The fourth-order valence-corrected chi connectivity index (χ4v) is 7.78. The number of carboxylic acids is 1. The molecule has 2 aliphatic rings. The van der Waals surface area contributed by atoms with Crippen molar-refractivity contribution in [3.05, 3.63) is 81.1 Å². The number of aromatic carboxylic acids is 1. The number of sulfonamides is 1. The molecule has 0 unspecified atom stereocenters. The van der Waals surface area contributed by atoms with E-state index in [2.05, 4.69) is 15.9 Å². The van der Waals surface area contributed by atoms with Gasteiger partial charge in [0.05, 0.1) is 17.5 Å². The van der Waals surface area contributed by atoms with Crippen molar-refractivity contribution in [1.29, 1.82) is 0 Å². The molecule has 2 aliphatic heterocycles. The molecule has 7 nitrogen and oxygen atoms in total. The second-order valence-corrected chi connectivity index (χ2v) is 12.5. The third kappa shape index (κ3) is 3.78. The number of rotatable bonds is 5. The van der Waals surface area contributed by atoms with Crippen molar-refractivity contribution >= 4 is 54.9 Å². The number of piperidine rings is 1. The van der Waals surface area contributed by atoms with Crippen LogP contribution in [0.15, 0.2) is 68.7 Å². The van der Waals surface area contributed by atoms with Gasteiger partial charge < -0.3 is 10.0 Å². The van der Waals surface area contributed by atoms with Crippen molar-refractivity contribution in [3.63, 3.8) is 0 Å². The maximum atomic E-state index is 13.9. The summed E-state index contributed by atoms with van der Waals surface area (Å²) in [6.07, 6.45) is 0.794. The first-order valence-corrected chi connectivity index (χ1v) is 13.8. The number of hydrogen-bond acceptors (Lipinski definition) is 5. The molecule has 1 aromatic heterocycles. The molecule has 0 bridgehead atoms. The van der Waals surface area contributed by atoms with Gasteiger partial charge >= 0.3 is 5.97 Å². The Morgan fingerprint density at radius 3 is 2.41 bits per heavy atom. The average molecular weight is 561 g/mol. The van der Waals surface area contributed by atoms with E-state index in [1.807, 2.05) is 18.2 Å². The van der Waals surface area contributed by atoms with Gasteiger partial charge in [0.25, 0.3) is 10.0 Å². The van der Waals surface area contributed by atoms with Crippen LogP contribution < -0.4 is 4.90 Å². The van der Waals surface area contributed by atoms with Gasteiger partial charge in [-0.3, -0.25) is 4.79 Å². The Bertz CT molecular complexity index is 1360. The molecule has 5 rings (SSSR count). The summed E-state index contributed by atoms with van der Waals surface area (Å²) in [4.78, 5) is 26.8. The maximum absolute atomic E-state index is 13.9. The highest BCUT2D eigenvalue weighted by Gasteiger charge is 2.53. The number of nitrogens with zero attached hydrogens (tertiary/aromatic N) is 2. The molecular weight excluding hydrogens is 540 g/mol. The molecule has 1 amide bonds. The molecule has 3 aromatic rings. The van der Waals surface area contributed by atoms with Crippen LogP contribution in [-0.4, -0.2) is 42.8 Å². The van der Waals surface area contributed by atoms with Crippen molar-refractivity contribution in [2.75, 3.05) is 18.0 Å². The third-order valence-corrected chi connectivity index (χ3v) is 10.4. The third-order valence-electron chi connectivity index (χ3n) is 6.63. The normalized spacial score (nSPS) is 17.8. The van der Waals surface area contributed by atoms with Gasteiger partial charge in [-0.2, -0.15) is 4.31 Å². The van der Waals surface area contributed by atoms with Gasteiger partial charge in [-0.05, 0) is 65.7 Å². The molecule has 0 radical (unpaired) electrons. The minimum absolute atomic E-state index is 0.0453. The van der Waals surface area contributed by atoms with E-state index in [1.165, 1.54) is 27.8 Å². The Morgan fingerprint density at radius 1 is 1.09 bits per heavy atom. The molecule has 0 saturated carbocycles. The molecule has 1 N–H and O–H groups in total. The second-order valence-electron chi connectivity index (χ2n) is 8.47. The Balaban J connectivity index is 1.44. The molecule has 0 atom stereocenters. The van der Waals surface area contributed by atoms with Crippen molar-refractivity contribution in [2.24, 2.45) is 0 Å². The van der Waals surface area contributed by atoms with E-state index in [4.69, 9.17) is 5.11 Å². The van der Waals surface area contributed by atoms with Crippen molar-refractivity contribution in [1.82, 2.24) is 4.31 Å². The molecule has 34 heavy (non-hydrogen) atoms. The zero-order valence-electron chi connectivity index (χ0n) is 18.0. The number of carboxylic acid groups (broad SMARTS) is 1. The zero-order valence-corrected chi connectivity index (χ0v) is 21.2. The van der Waals surface area contributed by atoms with Crippen LogP contribution in [0.4, 0.5) is 5.69 Å². The minimum atomic E-state index is -3.57. The summed E-state index contributed by atoms with van der Waals surface area (Å²) < 4.78 is 28.7. The van der Waals surface area contributed by atoms with Gasteiger partial charge in [-0.25, -0.2) is 13.2 Å². The van der Waals surface area contributed by atoms with Crippen LogP contribution in [0.3, 0.4) is 0 Å². The summed E-state index contributed by atoms with van der Waals surface area (Å²) in [5, 5.41) is 10.9. The van der Waals surface area contributed by atoms with Crippen LogP contribution in [0, 0.1) is 0 Å². The summed E-state index contributed by atoms with van der Waals surface area (Å²) in [7, 11) is -3.57. The largest absolute Gasteiger partial charge is 0.478 e. The highest BCUT2D eigenvalue weighted by Crippen LogP contribution is 2.49. The fraction of sp³-hybridized carbons (Fsp3) is 0.250. The molecule has 1 saturated heterocycles. The number of amides is 1. The summed E-state index contributed by atoms with van der Waals surface area (Å²) >= 11 is 4.72. The molecule has 10 heteroatoms. The Hall–Kier alpha value is -2.53. The topological polar surface area (TPSA) is 95.0 Å². The van der Waals surface area contributed by atoms with E-state index < -0.39 is 21.4 Å². The standard InChI is InChI=1S/C24H21BrN2O5S2/c25-18-7-8-20-19(14-18)24(9-11-26(12-10-24)34(31,32)21-2-1-13-33-21)23(30)27(20)15-16-3-5-17(6-4-16)22(28)29/h1-8,13-14H,9-12,15H2,(H,28,29). The van der Waals surface area contributed by atoms with Crippen molar-refractivity contribution < 1.29 is 23.1 Å². The molecule has 3 heterocycles. The van der Waals surface area contributed by atoms with E-state index in [0.717, 1.165) is 21.3 Å². The van der Waals surface area contributed by atoms with Crippen LogP contribution in [0.1, 0.15) is 34.3 Å². The van der Waals surface area contributed by atoms with Gasteiger partial charge in [0.1, 0.15) is 4.21 Å². The molecule has 2 aromatic carbocycles. The van der Waals surface area contributed by atoms with Gasteiger partial charge in [0.15, 0.2) is 0 Å². The van der Waals surface area contributed by atoms with E-state index in [-0.39, 0.29) is 24.6 Å². The molecule has 176 valence electrons. The highest BCUT2D eigenvalue weighted by molar-refractivity contribution is 9.10. The van der Waals surface area contributed by atoms with Crippen LogP contribution in [0.25, 0.3) is 0 Å². The fourth-order valence-electron chi connectivity index (χ4n) is 4.83. The Kier molecular flexibility index (Phi) is 5.87. The number of hydrogen-bond donors (Lipinski definition) is 1. The Labute approximate surface area is 209 Å². The first kappa shape index (κ1) is 23.2. The number of carbonyl (C=O) groups is 2. The summed E-state index contributed by atoms with van der Waals surface area (Å²) in [5.41, 5.74) is 1.94. The number of benzene rings is 2.